The van der Waals surface area contributed by atoms with Gasteiger partial charge in [-0.15, -0.1) is 0 Å². The summed E-state index contributed by atoms with van der Waals surface area (Å²) >= 11 is 0. The molecule has 1 saturated carbocycles. The molecule has 10 nitrogen and oxygen atoms in total. The van der Waals surface area contributed by atoms with Gasteiger partial charge in [0.25, 0.3) is 0 Å². The highest BCUT2D eigenvalue weighted by Gasteiger charge is 2.43. The molecule has 5 N–H and O–H groups in total. The van der Waals surface area contributed by atoms with E-state index >= 15 is 0 Å². The zero-order valence-electron chi connectivity index (χ0n) is 22.6. The smallest absolute Gasteiger partial charge is 0.408 e. The molecular weight excluding hydrogens is 476 g/mol. The van der Waals surface area contributed by atoms with Gasteiger partial charge < -0.3 is 31.1 Å². The van der Waals surface area contributed by atoms with E-state index in [1.807, 2.05) is 0 Å². The Morgan fingerprint density at radius 3 is 2.41 bits per heavy atom. The third-order valence-corrected chi connectivity index (χ3v) is 6.29. The Balaban J connectivity index is 2.49. The number of hydrogen-bond acceptors (Lipinski definition) is 6. The summed E-state index contributed by atoms with van der Waals surface area (Å²) in [5.74, 6) is -1.95. The first kappa shape index (κ1) is 29.9. The Bertz CT molecular complexity index is 970. The number of phenolic OH excluding ortho intramolecular Hbond substituents is 1. The maximum atomic E-state index is 14.0. The lowest BCUT2D eigenvalue weighted by atomic mass is 9.87. The van der Waals surface area contributed by atoms with E-state index in [4.69, 9.17) is 10.5 Å². The summed E-state index contributed by atoms with van der Waals surface area (Å²) in [5.41, 5.74) is 5.43. The Hall–Kier alpha value is -3.30. The van der Waals surface area contributed by atoms with Crippen LogP contribution >= 0.6 is 0 Å². The highest BCUT2D eigenvalue weighted by Crippen LogP contribution is 2.38. The molecule has 2 unspecified atom stereocenters. The number of aryl methyl sites for hydroxylation is 1. The molecule has 206 valence electrons. The summed E-state index contributed by atoms with van der Waals surface area (Å²) < 4.78 is 5.29. The summed E-state index contributed by atoms with van der Waals surface area (Å²) in [6.45, 7) is 9.23. The molecule has 0 aliphatic heterocycles. The average molecular weight is 519 g/mol. The van der Waals surface area contributed by atoms with E-state index in [2.05, 4.69) is 17.6 Å². The van der Waals surface area contributed by atoms with Crippen molar-refractivity contribution in [1.29, 1.82) is 0 Å². The first-order chi connectivity index (χ1) is 17.4. The predicted molar refractivity (Wildman–Crippen MR) is 140 cm³/mol. The zero-order chi connectivity index (χ0) is 27.8. The summed E-state index contributed by atoms with van der Waals surface area (Å²) in [6, 6.07) is 2.23. The number of nitrogens with zero attached hydrogens (tertiary/aromatic N) is 1. The van der Waals surface area contributed by atoms with Crippen LogP contribution in [0.5, 0.6) is 5.75 Å². The van der Waals surface area contributed by atoms with Crippen LogP contribution in [0.2, 0.25) is 0 Å². The van der Waals surface area contributed by atoms with Crippen molar-refractivity contribution in [3.05, 3.63) is 29.3 Å². The monoisotopic (exact) mass is 518 g/mol. The normalized spacial score (nSPS) is 15.2. The van der Waals surface area contributed by atoms with Crippen molar-refractivity contribution in [2.24, 2.45) is 5.73 Å². The van der Waals surface area contributed by atoms with E-state index in [0.29, 0.717) is 24.9 Å². The predicted octanol–water partition coefficient (Wildman–Crippen LogP) is 3.20. The number of primary amides is 1. The van der Waals surface area contributed by atoms with Crippen LogP contribution in [0.1, 0.15) is 89.8 Å². The quantitative estimate of drug-likeness (QED) is 0.312. The third kappa shape index (κ3) is 8.65. The van der Waals surface area contributed by atoms with Gasteiger partial charge in [-0.25, -0.2) is 4.79 Å². The van der Waals surface area contributed by atoms with Crippen molar-refractivity contribution >= 4 is 23.8 Å². The van der Waals surface area contributed by atoms with Crippen LogP contribution in [0.4, 0.5) is 4.79 Å². The van der Waals surface area contributed by atoms with E-state index < -0.39 is 47.9 Å². The number of ether oxygens (including phenoxy) is 1. The average Bonchev–Trinajstić information content (AvgIpc) is 2.75. The topological polar surface area (TPSA) is 151 Å². The minimum Gasteiger partial charge on any atom is -0.507 e. The lowest BCUT2D eigenvalue weighted by molar-refractivity contribution is -0.148. The molecule has 0 radical (unpaired) electrons. The minimum absolute atomic E-state index is 0.0834. The zero-order valence-corrected chi connectivity index (χ0v) is 22.6. The number of alkyl carbamates (subject to hydrolysis) is 1. The molecular formula is C27H42N4O6. The fourth-order valence-electron chi connectivity index (χ4n) is 4.22. The van der Waals surface area contributed by atoms with Gasteiger partial charge in [0.1, 0.15) is 23.4 Å². The molecule has 1 aromatic carbocycles. The SMILES string of the molecule is CCCCCNC(=O)C(c1cccc(C)c1O)N(C(=O)C(CC(N)=O)NC(=O)OC(C)(C)C)C1CCC1. The van der Waals surface area contributed by atoms with Gasteiger partial charge >= 0.3 is 6.09 Å². The number of rotatable bonds is 12. The van der Waals surface area contributed by atoms with E-state index in [9.17, 15) is 24.3 Å². The van der Waals surface area contributed by atoms with Gasteiger partial charge in [0.2, 0.25) is 17.7 Å². The van der Waals surface area contributed by atoms with Gasteiger partial charge in [-0.1, -0.05) is 38.0 Å². The molecule has 0 heterocycles. The summed E-state index contributed by atoms with van der Waals surface area (Å²) in [5, 5.41) is 16.3. The molecule has 2 rings (SSSR count). The second-order valence-corrected chi connectivity index (χ2v) is 10.6. The standard InChI is InChI=1S/C27H42N4O6/c1-6-7-8-15-29-24(34)22(19-14-9-11-17(2)23(19)33)31(18-12-10-13-18)25(35)20(16-21(28)32)30-26(36)37-27(3,4)5/h9,11,14,18,20,22,33H,6-8,10,12-13,15-16H2,1-5H3,(H2,28,32)(H,29,34)(H,30,36). The largest absolute Gasteiger partial charge is 0.507 e. The van der Waals surface area contributed by atoms with Crippen LogP contribution in [0.3, 0.4) is 0 Å². The molecule has 10 heteroatoms. The summed E-state index contributed by atoms with van der Waals surface area (Å²) in [4.78, 5) is 53.4. The Morgan fingerprint density at radius 2 is 1.86 bits per heavy atom. The minimum atomic E-state index is -1.34. The second kappa shape index (κ2) is 13.3. The second-order valence-electron chi connectivity index (χ2n) is 10.6. The third-order valence-electron chi connectivity index (χ3n) is 6.29. The first-order valence-electron chi connectivity index (χ1n) is 13.0. The number of carbonyl (C=O) groups is 4. The van der Waals surface area contributed by atoms with Gasteiger partial charge in [0.05, 0.1) is 6.42 Å². The Kier molecular flexibility index (Phi) is 10.8. The van der Waals surface area contributed by atoms with E-state index in [-0.39, 0.29) is 17.4 Å². The first-order valence-corrected chi connectivity index (χ1v) is 13.0. The number of benzene rings is 1. The molecule has 2 atom stereocenters. The Morgan fingerprint density at radius 1 is 1.19 bits per heavy atom. The molecule has 0 spiro atoms. The summed E-state index contributed by atoms with van der Waals surface area (Å²) in [7, 11) is 0. The molecule has 0 saturated heterocycles. The van der Waals surface area contributed by atoms with E-state index in [1.165, 1.54) is 4.90 Å². The number of carbonyl (C=O) groups excluding carboxylic acids is 4. The number of para-hydroxylation sites is 1. The molecule has 0 aromatic heterocycles. The number of amides is 4. The van der Waals surface area contributed by atoms with Crippen LogP contribution in [-0.4, -0.2) is 58.1 Å². The number of phenols is 1. The van der Waals surface area contributed by atoms with Gasteiger partial charge in [0.15, 0.2) is 0 Å². The Labute approximate surface area is 219 Å². The number of aromatic hydroxyl groups is 1. The van der Waals surface area contributed by atoms with E-state index in [1.54, 1.807) is 45.9 Å². The maximum absolute atomic E-state index is 14.0. The van der Waals surface area contributed by atoms with Crippen molar-refractivity contribution in [3.63, 3.8) is 0 Å². The van der Waals surface area contributed by atoms with Crippen molar-refractivity contribution in [2.75, 3.05) is 6.54 Å². The van der Waals surface area contributed by atoms with Crippen LogP contribution in [0.15, 0.2) is 18.2 Å². The molecule has 1 aliphatic carbocycles. The number of hydrogen-bond donors (Lipinski definition) is 4. The molecule has 4 amide bonds. The molecule has 0 bridgehead atoms. The van der Waals surface area contributed by atoms with Crippen molar-refractivity contribution < 1.29 is 29.0 Å². The highest BCUT2D eigenvalue weighted by molar-refractivity contribution is 5.95. The van der Waals surface area contributed by atoms with Crippen LogP contribution < -0.4 is 16.4 Å². The number of unbranched alkanes of at least 4 members (excludes halogenated alkanes) is 2. The van der Waals surface area contributed by atoms with E-state index in [0.717, 1.165) is 25.7 Å². The van der Waals surface area contributed by atoms with Gasteiger partial charge in [-0.2, -0.15) is 0 Å². The van der Waals surface area contributed by atoms with Crippen molar-refractivity contribution in [2.45, 2.75) is 103 Å². The number of nitrogens with one attached hydrogen (secondary N) is 2. The molecule has 1 aromatic rings. The number of nitrogens with two attached hydrogens (primary N) is 1. The van der Waals surface area contributed by atoms with Crippen molar-refractivity contribution in [3.8, 4) is 5.75 Å². The van der Waals surface area contributed by atoms with Crippen molar-refractivity contribution in [1.82, 2.24) is 15.5 Å². The fraction of sp³-hybridized carbons (Fsp3) is 0.630. The van der Waals surface area contributed by atoms with Crippen LogP contribution in [0, 0.1) is 6.92 Å². The highest BCUT2D eigenvalue weighted by atomic mass is 16.6. The van der Waals surface area contributed by atoms with Gasteiger partial charge in [-0.3, -0.25) is 14.4 Å². The lowest BCUT2D eigenvalue weighted by Gasteiger charge is -2.43. The fourth-order valence-corrected chi connectivity index (χ4v) is 4.22. The maximum Gasteiger partial charge on any atom is 0.408 e. The summed E-state index contributed by atoms with van der Waals surface area (Å²) in [6.07, 6.45) is 3.50. The van der Waals surface area contributed by atoms with Gasteiger partial charge in [0, 0.05) is 18.2 Å². The lowest BCUT2D eigenvalue weighted by Crippen LogP contribution is -2.58. The molecule has 37 heavy (non-hydrogen) atoms. The van der Waals surface area contributed by atoms with Crippen LogP contribution in [-0.2, 0) is 19.1 Å². The molecule has 1 aliphatic rings. The van der Waals surface area contributed by atoms with Crippen LogP contribution in [0.25, 0.3) is 0 Å². The van der Waals surface area contributed by atoms with Gasteiger partial charge in [-0.05, 0) is 58.9 Å². The molecule has 1 fully saturated rings.